The second-order valence-electron chi connectivity index (χ2n) is 7.42. The van der Waals surface area contributed by atoms with Gasteiger partial charge in [0.2, 0.25) is 5.91 Å². The molecule has 0 aliphatic carbocycles. The Morgan fingerprint density at radius 3 is 2.55 bits per heavy atom. The first-order chi connectivity index (χ1) is 13.9. The Hall–Kier alpha value is -2.76. The van der Waals surface area contributed by atoms with Gasteiger partial charge in [0.15, 0.2) is 5.78 Å². The number of aryl methyl sites for hydroxylation is 1. The molecule has 6 heteroatoms. The molecule has 1 amide bonds. The van der Waals surface area contributed by atoms with Crippen molar-refractivity contribution in [3.8, 4) is 5.75 Å². The number of aromatic nitrogens is 2. The van der Waals surface area contributed by atoms with Gasteiger partial charge in [0.05, 0.1) is 17.3 Å². The van der Waals surface area contributed by atoms with Gasteiger partial charge in [-0.15, -0.1) is 10.2 Å². The number of hydrogen-bond acceptors (Lipinski definition) is 5. The number of nitrogens with zero attached hydrogens (tertiary/aromatic N) is 2. The highest BCUT2D eigenvalue weighted by atomic mass is 16.5. The molecule has 1 N–H and O–H groups in total. The van der Waals surface area contributed by atoms with Crippen LogP contribution in [0, 0.1) is 0 Å². The van der Waals surface area contributed by atoms with Gasteiger partial charge in [-0.05, 0) is 51.3 Å². The van der Waals surface area contributed by atoms with E-state index in [1.807, 2.05) is 19.9 Å². The fourth-order valence-electron chi connectivity index (χ4n) is 3.22. The lowest BCUT2D eigenvalue weighted by molar-refractivity contribution is -0.111. The van der Waals surface area contributed by atoms with Crippen LogP contribution < -0.4 is 10.1 Å². The molecule has 0 radical (unpaired) electrons. The normalized spacial score (nSPS) is 11.4. The van der Waals surface area contributed by atoms with E-state index in [0.717, 1.165) is 43.1 Å². The van der Waals surface area contributed by atoms with E-state index in [0.29, 0.717) is 22.6 Å². The van der Waals surface area contributed by atoms with E-state index < -0.39 is 0 Å². The second-order valence-corrected chi connectivity index (χ2v) is 7.42. The van der Waals surface area contributed by atoms with Crippen LogP contribution in [0.25, 0.3) is 10.9 Å². The SMILES string of the molecule is C/C=C/C(=O)Nc1cc2c(CCCCCC)c(C(C)=O)nnc2cc1OC(C)C. The maximum absolute atomic E-state index is 12.2. The van der Waals surface area contributed by atoms with Gasteiger partial charge in [0, 0.05) is 18.4 Å². The zero-order chi connectivity index (χ0) is 21.4. The first kappa shape index (κ1) is 22.5. The second kappa shape index (κ2) is 10.7. The van der Waals surface area contributed by atoms with Crippen molar-refractivity contribution in [3.05, 3.63) is 35.5 Å². The lowest BCUT2D eigenvalue weighted by Crippen LogP contribution is -2.13. The van der Waals surface area contributed by atoms with E-state index in [2.05, 4.69) is 22.4 Å². The van der Waals surface area contributed by atoms with Crippen molar-refractivity contribution in [2.45, 2.75) is 72.8 Å². The Bertz CT molecular complexity index is 904. The molecule has 0 saturated heterocycles. The maximum Gasteiger partial charge on any atom is 0.248 e. The number of allylic oxidation sites excluding steroid dienone is 1. The zero-order valence-electron chi connectivity index (χ0n) is 18.0. The quantitative estimate of drug-likeness (QED) is 0.336. The van der Waals surface area contributed by atoms with E-state index in [1.54, 1.807) is 19.1 Å². The minimum Gasteiger partial charge on any atom is -0.489 e. The Morgan fingerprint density at radius 1 is 1.17 bits per heavy atom. The first-order valence-corrected chi connectivity index (χ1v) is 10.3. The van der Waals surface area contributed by atoms with Crippen LogP contribution in [-0.2, 0) is 11.2 Å². The molecule has 0 aliphatic heterocycles. The van der Waals surface area contributed by atoms with E-state index in [9.17, 15) is 9.59 Å². The molecule has 0 bridgehead atoms. The molecule has 2 aromatic rings. The average Bonchev–Trinajstić information content (AvgIpc) is 2.65. The number of fused-ring (bicyclic) bond motifs is 1. The van der Waals surface area contributed by atoms with Gasteiger partial charge in [-0.3, -0.25) is 9.59 Å². The maximum atomic E-state index is 12.2. The Labute approximate surface area is 172 Å². The summed E-state index contributed by atoms with van der Waals surface area (Å²) < 4.78 is 5.89. The van der Waals surface area contributed by atoms with Crippen LogP contribution in [0.2, 0.25) is 0 Å². The molecule has 0 atom stereocenters. The fraction of sp³-hybridized carbons (Fsp3) is 0.478. The van der Waals surface area contributed by atoms with Gasteiger partial charge in [0.1, 0.15) is 11.4 Å². The molecule has 1 aromatic carbocycles. The van der Waals surface area contributed by atoms with Crippen molar-refractivity contribution >= 4 is 28.3 Å². The van der Waals surface area contributed by atoms with Gasteiger partial charge >= 0.3 is 0 Å². The lowest BCUT2D eigenvalue weighted by atomic mass is 9.98. The van der Waals surface area contributed by atoms with Crippen LogP contribution in [0.4, 0.5) is 5.69 Å². The Kier molecular flexibility index (Phi) is 8.31. The molecule has 0 spiro atoms. The number of ketones is 1. The summed E-state index contributed by atoms with van der Waals surface area (Å²) in [4.78, 5) is 24.3. The number of hydrogen-bond donors (Lipinski definition) is 1. The third-order valence-corrected chi connectivity index (χ3v) is 4.52. The molecule has 1 aromatic heterocycles. The van der Waals surface area contributed by atoms with Crippen LogP contribution in [-0.4, -0.2) is 28.0 Å². The van der Waals surface area contributed by atoms with E-state index in [-0.39, 0.29) is 17.8 Å². The summed E-state index contributed by atoms with van der Waals surface area (Å²) in [5.74, 6) is 0.192. The number of Topliss-reactive ketones (excluding diaryl/α,β-unsaturated/α-hetero) is 1. The van der Waals surface area contributed by atoms with Crippen molar-refractivity contribution in [3.63, 3.8) is 0 Å². The molecule has 0 aliphatic rings. The van der Waals surface area contributed by atoms with Crippen LogP contribution in [0.15, 0.2) is 24.3 Å². The van der Waals surface area contributed by atoms with Crippen molar-refractivity contribution in [2.24, 2.45) is 0 Å². The fourth-order valence-corrected chi connectivity index (χ4v) is 3.22. The third-order valence-electron chi connectivity index (χ3n) is 4.52. The predicted molar refractivity (Wildman–Crippen MR) is 117 cm³/mol. The minimum absolute atomic E-state index is 0.0669. The number of carbonyl (C=O) groups excluding carboxylic acids is 2. The van der Waals surface area contributed by atoms with Crippen molar-refractivity contribution in [2.75, 3.05) is 5.32 Å². The largest absolute Gasteiger partial charge is 0.489 e. The van der Waals surface area contributed by atoms with Crippen molar-refractivity contribution in [1.82, 2.24) is 10.2 Å². The summed E-state index contributed by atoms with van der Waals surface area (Å²) in [7, 11) is 0. The number of ether oxygens (including phenoxy) is 1. The zero-order valence-corrected chi connectivity index (χ0v) is 18.0. The minimum atomic E-state index is -0.237. The Morgan fingerprint density at radius 2 is 1.93 bits per heavy atom. The molecular formula is C23H31N3O3. The van der Waals surface area contributed by atoms with Crippen LogP contribution >= 0.6 is 0 Å². The average molecular weight is 398 g/mol. The summed E-state index contributed by atoms with van der Waals surface area (Å²) in [6, 6.07) is 3.64. The number of anilines is 1. The molecule has 0 unspecified atom stereocenters. The monoisotopic (exact) mass is 397 g/mol. The summed E-state index contributed by atoms with van der Waals surface area (Å²) in [6.07, 6.45) is 8.18. The van der Waals surface area contributed by atoms with Gasteiger partial charge in [0.25, 0.3) is 0 Å². The van der Waals surface area contributed by atoms with Crippen LogP contribution in [0.1, 0.15) is 76.4 Å². The molecule has 0 saturated carbocycles. The van der Waals surface area contributed by atoms with Gasteiger partial charge in [-0.1, -0.05) is 32.3 Å². The van der Waals surface area contributed by atoms with Gasteiger partial charge in [-0.2, -0.15) is 0 Å². The summed E-state index contributed by atoms with van der Waals surface area (Å²) in [5.41, 5.74) is 2.50. The highest BCUT2D eigenvalue weighted by Gasteiger charge is 2.18. The van der Waals surface area contributed by atoms with Gasteiger partial charge < -0.3 is 10.1 Å². The summed E-state index contributed by atoms with van der Waals surface area (Å²) in [6.45, 7) is 9.31. The van der Waals surface area contributed by atoms with Crippen molar-refractivity contribution < 1.29 is 14.3 Å². The van der Waals surface area contributed by atoms with Crippen LogP contribution in [0.3, 0.4) is 0 Å². The highest BCUT2D eigenvalue weighted by Crippen LogP contribution is 2.33. The first-order valence-electron chi connectivity index (χ1n) is 10.3. The van der Waals surface area contributed by atoms with Crippen LogP contribution in [0.5, 0.6) is 5.75 Å². The molecule has 0 fully saturated rings. The molecule has 29 heavy (non-hydrogen) atoms. The van der Waals surface area contributed by atoms with E-state index in [4.69, 9.17) is 4.74 Å². The summed E-state index contributed by atoms with van der Waals surface area (Å²) >= 11 is 0. The lowest BCUT2D eigenvalue weighted by Gasteiger charge is -2.17. The van der Waals surface area contributed by atoms with Gasteiger partial charge in [-0.25, -0.2) is 0 Å². The number of unbranched alkanes of at least 4 members (excludes halogenated alkanes) is 3. The Balaban J connectivity index is 2.59. The molecular weight excluding hydrogens is 366 g/mol. The number of nitrogens with one attached hydrogen (secondary N) is 1. The number of benzene rings is 1. The van der Waals surface area contributed by atoms with E-state index in [1.165, 1.54) is 13.0 Å². The standard InChI is InChI=1S/C23H31N3O3/c1-6-8-9-10-12-17-18-13-20(24-22(28)11-7-2)21(29-15(3)4)14-19(18)25-26-23(17)16(5)27/h7,11,13-15H,6,8-10,12H2,1-5H3,(H,24,28)/b11-7+. The number of rotatable bonds is 10. The van der Waals surface area contributed by atoms with E-state index >= 15 is 0 Å². The predicted octanol–water partition coefficient (Wildman–Crippen LogP) is 5.26. The topological polar surface area (TPSA) is 81.2 Å². The number of carbonyl (C=O) groups is 2. The number of amides is 1. The summed E-state index contributed by atoms with van der Waals surface area (Å²) in [5, 5.41) is 12.2. The van der Waals surface area contributed by atoms with Crippen molar-refractivity contribution in [1.29, 1.82) is 0 Å². The smallest absolute Gasteiger partial charge is 0.248 e. The molecule has 6 nitrogen and oxygen atoms in total. The molecule has 1 heterocycles. The molecule has 156 valence electrons. The third kappa shape index (κ3) is 6.11. The molecule has 2 rings (SSSR count). The highest BCUT2D eigenvalue weighted by molar-refractivity contribution is 6.03.